The van der Waals surface area contributed by atoms with Gasteiger partial charge >= 0.3 is 0 Å². The summed E-state index contributed by atoms with van der Waals surface area (Å²) in [6, 6.07) is 6.76. The fourth-order valence-electron chi connectivity index (χ4n) is 1.79. The molecule has 1 N–H and O–H groups in total. The topological polar surface area (TPSA) is 68.3 Å². The number of halogens is 1. The second kappa shape index (κ2) is 4.97. The van der Waals surface area contributed by atoms with Gasteiger partial charge in [-0.1, -0.05) is 0 Å². The van der Waals surface area contributed by atoms with Gasteiger partial charge in [-0.25, -0.2) is 4.39 Å². The second-order valence-corrected chi connectivity index (χ2v) is 3.82. The lowest BCUT2D eigenvalue weighted by molar-refractivity contribution is -0.385. The minimum atomic E-state index is -0.545. The molecule has 0 bridgehead atoms. The molecule has 5 nitrogen and oxygen atoms in total. The van der Waals surface area contributed by atoms with Crippen molar-refractivity contribution in [3.05, 3.63) is 63.7 Å². The number of benzene rings is 1. The van der Waals surface area contributed by atoms with E-state index in [1.165, 1.54) is 0 Å². The minimum absolute atomic E-state index is 0.131. The maximum Gasteiger partial charge on any atom is 0.274 e. The van der Waals surface area contributed by atoms with Crippen LogP contribution in [0.5, 0.6) is 0 Å². The first kappa shape index (κ1) is 12.3. The highest BCUT2D eigenvalue weighted by Crippen LogP contribution is 2.21. The maximum atomic E-state index is 13.1. The van der Waals surface area contributed by atoms with Crippen LogP contribution >= 0.6 is 0 Å². The van der Waals surface area contributed by atoms with Crippen molar-refractivity contribution < 1.29 is 14.4 Å². The minimum Gasteiger partial charge on any atom is -0.390 e. The number of hydrogen-bond acceptors (Lipinski definition) is 3. The van der Waals surface area contributed by atoms with Gasteiger partial charge in [0.25, 0.3) is 5.69 Å². The Bertz CT molecular complexity index is 580. The maximum absolute atomic E-state index is 13.1. The quantitative estimate of drug-likeness (QED) is 0.667. The van der Waals surface area contributed by atoms with E-state index in [-0.39, 0.29) is 24.4 Å². The van der Waals surface area contributed by atoms with Gasteiger partial charge in [0.15, 0.2) is 0 Å². The number of nitrogens with zero attached hydrogens (tertiary/aromatic N) is 2. The molecule has 0 saturated heterocycles. The standard InChI is InChI=1S/C12H11FN2O3/c13-10-3-4-12(15(17)18)9(6-10)7-14-5-1-2-11(14)8-16/h1-6,16H,7-8H2. The molecule has 0 fully saturated rings. The molecule has 0 aliphatic carbocycles. The summed E-state index contributed by atoms with van der Waals surface area (Å²) in [6.45, 7) is -0.0208. The first-order valence-corrected chi connectivity index (χ1v) is 5.29. The largest absolute Gasteiger partial charge is 0.390 e. The average molecular weight is 250 g/mol. The van der Waals surface area contributed by atoms with Crippen LogP contribution in [0.1, 0.15) is 11.3 Å². The SMILES string of the molecule is O=[N+]([O-])c1ccc(F)cc1Cn1cccc1CO. The first-order valence-electron chi connectivity index (χ1n) is 5.29. The molecule has 0 atom stereocenters. The smallest absolute Gasteiger partial charge is 0.274 e. The predicted octanol–water partition coefficient (Wildman–Crippen LogP) is 2.08. The molecule has 2 rings (SSSR count). The van der Waals surface area contributed by atoms with Crippen molar-refractivity contribution >= 4 is 5.69 Å². The van der Waals surface area contributed by atoms with Crippen LogP contribution in [0, 0.1) is 15.9 Å². The normalized spacial score (nSPS) is 10.6. The van der Waals surface area contributed by atoms with Crippen LogP contribution in [0.15, 0.2) is 36.5 Å². The van der Waals surface area contributed by atoms with E-state index in [1.54, 1.807) is 22.9 Å². The van der Waals surface area contributed by atoms with Crippen LogP contribution in [0.25, 0.3) is 0 Å². The van der Waals surface area contributed by atoms with Crippen LogP contribution in [0.4, 0.5) is 10.1 Å². The van der Waals surface area contributed by atoms with Crippen LogP contribution in [-0.4, -0.2) is 14.6 Å². The number of nitro benzene ring substituents is 1. The fraction of sp³-hybridized carbons (Fsp3) is 0.167. The number of aliphatic hydroxyl groups is 1. The summed E-state index contributed by atoms with van der Waals surface area (Å²) < 4.78 is 14.8. The fourth-order valence-corrected chi connectivity index (χ4v) is 1.79. The molecule has 18 heavy (non-hydrogen) atoms. The van der Waals surface area contributed by atoms with E-state index in [2.05, 4.69) is 0 Å². The van der Waals surface area contributed by atoms with Gasteiger partial charge in [0, 0.05) is 18.0 Å². The summed E-state index contributed by atoms with van der Waals surface area (Å²) >= 11 is 0. The Morgan fingerprint density at radius 3 is 2.83 bits per heavy atom. The molecule has 0 amide bonds. The van der Waals surface area contributed by atoms with E-state index in [0.29, 0.717) is 5.69 Å². The lowest BCUT2D eigenvalue weighted by Gasteiger charge is -2.08. The van der Waals surface area contributed by atoms with Crippen molar-refractivity contribution in [2.24, 2.45) is 0 Å². The lowest BCUT2D eigenvalue weighted by atomic mass is 10.1. The average Bonchev–Trinajstić information content (AvgIpc) is 2.76. The van der Waals surface area contributed by atoms with E-state index in [4.69, 9.17) is 5.11 Å². The Labute approximate surface area is 102 Å². The van der Waals surface area contributed by atoms with Crippen LogP contribution in [-0.2, 0) is 13.2 Å². The van der Waals surface area contributed by atoms with Gasteiger partial charge in [0.1, 0.15) is 5.82 Å². The summed E-state index contributed by atoms with van der Waals surface area (Å²) in [5.41, 5.74) is 0.758. The molecule has 0 spiro atoms. The Kier molecular flexibility index (Phi) is 3.38. The van der Waals surface area contributed by atoms with Crippen LogP contribution < -0.4 is 0 Å². The molecular formula is C12H11FN2O3. The lowest BCUT2D eigenvalue weighted by Crippen LogP contribution is -2.06. The van der Waals surface area contributed by atoms with Crippen molar-refractivity contribution in [1.29, 1.82) is 0 Å². The molecule has 0 aliphatic rings. The van der Waals surface area contributed by atoms with Gasteiger partial charge in [-0.15, -0.1) is 0 Å². The molecular weight excluding hydrogens is 239 g/mol. The number of hydrogen-bond donors (Lipinski definition) is 1. The van der Waals surface area contributed by atoms with Gasteiger partial charge in [-0.3, -0.25) is 10.1 Å². The summed E-state index contributed by atoms with van der Waals surface area (Å²) in [4.78, 5) is 10.3. The molecule has 2 aromatic rings. The zero-order chi connectivity index (χ0) is 13.1. The molecule has 1 aromatic heterocycles. The van der Waals surface area contributed by atoms with E-state index < -0.39 is 10.7 Å². The van der Waals surface area contributed by atoms with Gasteiger partial charge in [-0.2, -0.15) is 0 Å². The summed E-state index contributed by atoms with van der Waals surface area (Å²) in [5.74, 6) is -0.520. The predicted molar refractivity (Wildman–Crippen MR) is 62.5 cm³/mol. The molecule has 0 radical (unpaired) electrons. The van der Waals surface area contributed by atoms with Crippen LogP contribution in [0.3, 0.4) is 0 Å². The third-order valence-electron chi connectivity index (χ3n) is 2.66. The monoisotopic (exact) mass is 250 g/mol. The zero-order valence-corrected chi connectivity index (χ0v) is 9.41. The molecule has 0 unspecified atom stereocenters. The van der Waals surface area contributed by atoms with Crippen molar-refractivity contribution in [3.8, 4) is 0 Å². The molecule has 1 aromatic carbocycles. The summed E-state index contributed by atoms with van der Waals surface area (Å²) in [6.07, 6.45) is 1.68. The van der Waals surface area contributed by atoms with Crippen molar-refractivity contribution in [2.45, 2.75) is 13.2 Å². The first-order chi connectivity index (χ1) is 8.61. The van der Waals surface area contributed by atoms with Crippen molar-refractivity contribution in [2.75, 3.05) is 0 Å². The van der Waals surface area contributed by atoms with E-state index in [9.17, 15) is 14.5 Å². The highest BCUT2D eigenvalue weighted by molar-refractivity contribution is 5.40. The third-order valence-corrected chi connectivity index (χ3v) is 2.66. The molecule has 1 heterocycles. The number of aromatic nitrogens is 1. The summed E-state index contributed by atoms with van der Waals surface area (Å²) in [5, 5.41) is 19.9. The highest BCUT2D eigenvalue weighted by atomic mass is 19.1. The van der Waals surface area contributed by atoms with Gasteiger partial charge < -0.3 is 9.67 Å². The van der Waals surface area contributed by atoms with E-state index >= 15 is 0 Å². The molecule has 94 valence electrons. The van der Waals surface area contributed by atoms with Gasteiger partial charge in [-0.05, 0) is 24.3 Å². The van der Waals surface area contributed by atoms with Crippen LogP contribution in [0.2, 0.25) is 0 Å². The Balaban J connectivity index is 2.39. The summed E-state index contributed by atoms with van der Waals surface area (Å²) in [7, 11) is 0. The third kappa shape index (κ3) is 2.38. The molecule has 0 aliphatic heterocycles. The van der Waals surface area contributed by atoms with Crippen molar-refractivity contribution in [3.63, 3.8) is 0 Å². The van der Waals surface area contributed by atoms with Gasteiger partial charge in [0.05, 0.1) is 23.6 Å². The molecule has 6 heteroatoms. The Hall–Kier alpha value is -2.21. The van der Waals surface area contributed by atoms with E-state index in [1.807, 2.05) is 0 Å². The number of rotatable bonds is 4. The Morgan fingerprint density at radius 1 is 1.39 bits per heavy atom. The second-order valence-electron chi connectivity index (χ2n) is 3.82. The Morgan fingerprint density at radius 2 is 2.17 bits per heavy atom. The number of nitro groups is 1. The van der Waals surface area contributed by atoms with E-state index in [0.717, 1.165) is 18.2 Å². The molecule has 0 saturated carbocycles. The number of aliphatic hydroxyl groups excluding tert-OH is 1. The van der Waals surface area contributed by atoms with Gasteiger partial charge in [0.2, 0.25) is 0 Å². The van der Waals surface area contributed by atoms with Crippen molar-refractivity contribution in [1.82, 2.24) is 4.57 Å². The zero-order valence-electron chi connectivity index (χ0n) is 9.41. The highest BCUT2D eigenvalue weighted by Gasteiger charge is 2.15.